The highest BCUT2D eigenvalue weighted by Gasteiger charge is 2.34. The molecular formula is C34H43N3O7S. The summed E-state index contributed by atoms with van der Waals surface area (Å²) in [6.45, 7) is 5.54. The molecule has 45 heavy (non-hydrogen) atoms. The lowest BCUT2D eigenvalue weighted by atomic mass is 10.1. The molecule has 4 rings (SSSR count). The fraction of sp³-hybridized carbons (Fsp3) is 0.412. The van der Waals surface area contributed by atoms with Gasteiger partial charge in [-0.3, -0.25) is 13.9 Å². The summed E-state index contributed by atoms with van der Waals surface area (Å²) in [4.78, 5) is 29.0. The maximum Gasteiger partial charge on any atom is 0.264 e. The Hall–Kier alpha value is -4.25. The van der Waals surface area contributed by atoms with Gasteiger partial charge in [0, 0.05) is 18.7 Å². The van der Waals surface area contributed by atoms with Gasteiger partial charge in [0.25, 0.3) is 10.0 Å². The van der Waals surface area contributed by atoms with E-state index in [9.17, 15) is 18.0 Å². The number of hydrogen-bond donors (Lipinski definition) is 1. The van der Waals surface area contributed by atoms with Crippen LogP contribution >= 0.6 is 0 Å². The normalized spacial score (nSPS) is 14.0. The summed E-state index contributed by atoms with van der Waals surface area (Å²) in [5.41, 5.74) is 2.15. The largest absolute Gasteiger partial charge is 0.494 e. The van der Waals surface area contributed by atoms with Crippen molar-refractivity contribution in [3.05, 3.63) is 77.9 Å². The fourth-order valence-electron chi connectivity index (χ4n) is 5.37. The lowest BCUT2D eigenvalue weighted by Gasteiger charge is -2.32. The van der Waals surface area contributed by atoms with Crippen molar-refractivity contribution in [1.82, 2.24) is 10.2 Å². The number of carbonyl (C=O) groups excluding carboxylic acids is 2. The second-order valence-electron chi connectivity index (χ2n) is 11.1. The van der Waals surface area contributed by atoms with E-state index in [1.165, 1.54) is 37.3 Å². The van der Waals surface area contributed by atoms with Gasteiger partial charge in [0.1, 0.15) is 18.3 Å². The number of ether oxygens (including phenoxy) is 3. The highest BCUT2D eigenvalue weighted by Crippen LogP contribution is 2.33. The Bertz CT molecular complexity index is 1550. The van der Waals surface area contributed by atoms with Gasteiger partial charge in [-0.2, -0.15) is 0 Å². The number of aryl methyl sites for hydroxylation is 1. The molecule has 1 N–H and O–H groups in total. The summed E-state index contributed by atoms with van der Waals surface area (Å²) in [5.74, 6) is 0.371. The second-order valence-corrected chi connectivity index (χ2v) is 13.0. The Morgan fingerprint density at radius 2 is 1.58 bits per heavy atom. The summed E-state index contributed by atoms with van der Waals surface area (Å²) >= 11 is 0. The van der Waals surface area contributed by atoms with Gasteiger partial charge in [0.15, 0.2) is 11.5 Å². The van der Waals surface area contributed by atoms with Crippen molar-refractivity contribution >= 4 is 27.5 Å². The molecule has 0 aliphatic heterocycles. The Kier molecular flexibility index (Phi) is 11.3. The number of nitrogens with one attached hydrogen (secondary N) is 1. The number of rotatable bonds is 14. The zero-order valence-corrected chi connectivity index (χ0v) is 27.4. The Balaban J connectivity index is 1.72. The van der Waals surface area contributed by atoms with E-state index in [0.717, 1.165) is 41.1 Å². The number of sulfonamides is 1. The van der Waals surface area contributed by atoms with Crippen LogP contribution in [0.15, 0.2) is 71.6 Å². The van der Waals surface area contributed by atoms with E-state index in [-0.39, 0.29) is 34.8 Å². The smallest absolute Gasteiger partial charge is 0.264 e. The Labute approximate surface area is 266 Å². The van der Waals surface area contributed by atoms with Crippen LogP contribution in [0.25, 0.3) is 0 Å². The Morgan fingerprint density at radius 3 is 2.18 bits per heavy atom. The fourth-order valence-corrected chi connectivity index (χ4v) is 6.80. The van der Waals surface area contributed by atoms with E-state index >= 15 is 0 Å². The number of benzene rings is 3. The first-order chi connectivity index (χ1) is 21.6. The van der Waals surface area contributed by atoms with E-state index in [0.29, 0.717) is 18.1 Å². The summed E-state index contributed by atoms with van der Waals surface area (Å²) < 4.78 is 45.8. The monoisotopic (exact) mass is 637 g/mol. The van der Waals surface area contributed by atoms with Crippen LogP contribution in [0.3, 0.4) is 0 Å². The third-order valence-electron chi connectivity index (χ3n) is 8.00. The van der Waals surface area contributed by atoms with Gasteiger partial charge in [-0.15, -0.1) is 0 Å². The number of carbonyl (C=O) groups is 2. The topological polar surface area (TPSA) is 114 Å². The number of nitrogens with zero attached hydrogens (tertiary/aromatic N) is 2. The summed E-state index contributed by atoms with van der Waals surface area (Å²) in [6, 6.07) is 17.7. The highest BCUT2D eigenvalue weighted by molar-refractivity contribution is 7.92. The Morgan fingerprint density at radius 1 is 0.933 bits per heavy atom. The molecule has 0 unspecified atom stereocenters. The molecule has 0 aromatic heterocycles. The molecule has 1 aliphatic carbocycles. The molecule has 3 aromatic rings. The molecule has 242 valence electrons. The van der Waals surface area contributed by atoms with Gasteiger partial charge in [0.05, 0.1) is 31.4 Å². The minimum Gasteiger partial charge on any atom is -0.494 e. The lowest BCUT2D eigenvalue weighted by Crippen LogP contribution is -2.52. The molecular weight excluding hydrogens is 594 g/mol. The van der Waals surface area contributed by atoms with Gasteiger partial charge in [-0.05, 0) is 75.6 Å². The molecule has 1 saturated carbocycles. The molecule has 0 heterocycles. The molecule has 10 nitrogen and oxygen atoms in total. The standard InChI is InChI=1S/C34H43N3O7S/c1-6-44-29-17-15-28(16-18-29)37(45(40,41)30-19-20-31(42-4)32(21-30)43-5)23-33(38)36(22-26-13-11-24(2)12-14-26)25(3)34(39)35-27-9-7-8-10-27/h11-21,25,27H,6-10,22-23H2,1-5H3,(H,35,39)/t25-/m0/s1. The quantitative estimate of drug-likeness (QED) is 0.262. The van der Waals surface area contributed by atoms with E-state index < -0.39 is 28.5 Å². The van der Waals surface area contributed by atoms with E-state index in [1.807, 2.05) is 38.1 Å². The van der Waals surface area contributed by atoms with Crippen LogP contribution in [0, 0.1) is 6.92 Å². The summed E-state index contributed by atoms with van der Waals surface area (Å²) in [7, 11) is -1.42. The van der Waals surface area contributed by atoms with E-state index in [4.69, 9.17) is 14.2 Å². The molecule has 0 radical (unpaired) electrons. The van der Waals surface area contributed by atoms with Crippen LogP contribution in [-0.2, 0) is 26.2 Å². The third-order valence-corrected chi connectivity index (χ3v) is 9.77. The molecule has 0 spiro atoms. The first-order valence-corrected chi connectivity index (χ1v) is 16.6. The zero-order chi connectivity index (χ0) is 32.6. The van der Waals surface area contributed by atoms with Crippen molar-refractivity contribution < 1.29 is 32.2 Å². The molecule has 2 amide bonds. The van der Waals surface area contributed by atoms with Crippen LogP contribution in [0.4, 0.5) is 5.69 Å². The maximum atomic E-state index is 14.2. The lowest BCUT2D eigenvalue weighted by molar-refractivity contribution is -0.139. The molecule has 1 aliphatic rings. The van der Waals surface area contributed by atoms with Crippen molar-refractivity contribution in [3.8, 4) is 17.2 Å². The SMILES string of the molecule is CCOc1ccc(N(CC(=O)N(Cc2ccc(C)cc2)[C@@H](C)C(=O)NC2CCCC2)S(=O)(=O)c2ccc(OC)c(OC)c2)cc1. The first kappa shape index (κ1) is 33.6. The number of anilines is 1. The third kappa shape index (κ3) is 8.27. The van der Waals surface area contributed by atoms with Gasteiger partial charge in [-0.1, -0.05) is 42.7 Å². The van der Waals surface area contributed by atoms with Crippen LogP contribution in [0.1, 0.15) is 50.7 Å². The van der Waals surface area contributed by atoms with Crippen LogP contribution in [0.2, 0.25) is 0 Å². The first-order valence-electron chi connectivity index (χ1n) is 15.2. The van der Waals surface area contributed by atoms with Crippen molar-refractivity contribution in [2.45, 2.75) is 70.0 Å². The second kappa shape index (κ2) is 15.2. The highest BCUT2D eigenvalue weighted by atomic mass is 32.2. The predicted octanol–water partition coefficient (Wildman–Crippen LogP) is 5.08. The minimum absolute atomic E-state index is 0.0714. The molecule has 3 aromatic carbocycles. The van der Waals surface area contributed by atoms with E-state index in [1.54, 1.807) is 31.2 Å². The van der Waals surface area contributed by atoms with Crippen molar-refractivity contribution in [2.75, 3.05) is 31.7 Å². The minimum atomic E-state index is -4.30. The predicted molar refractivity (Wildman–Crippen MR) is 173 cm³/mol. The van der Waals surface area contributed by atoms with Crippen LogP contribution < -0.4 is 23.8 Å². The van der Waals surface area contributed by atoms with Crippen molar-refractivity contribution in [3.63, 3.8) is 0 Å². The number of amides is 2. The summed E-state index contributed by atoms with van der Waals surface area (Å²) in [6.07, 6.45) is 3.91. The maximum absolute atomic E-state index is 14.2. The number of hydrogen-bond acceptors (Lipinski definition) is 7. The molecule has 0 saturated heterocycles. The van der Waals surface area contributed by atoms with Crippen LogP contribution in [-0.4, -0.2) is 64.6 Å². The molecule has 11 heteroatoms. The molecule has 1 atom stereocenters. The van der Waals surface area contributed by atoms with Crippen molar-refractivity contribution in [2.24, 2.45) is 0 Å². The zero-order valence-electron chi connectivity index (χ0n) is 26.6. The van der Waals surface area contributed by atoms with Crippen LogP contribution in [0.5, 0.6) is 17.2 Å². The molecule has 0 bridgehead atoms. The summed E-state index contributed by atoms with van der Waals surface area (Å²) in [5, 5.41) is 3.09. The average molecular weight is 638 g/mol. The average Bonchev–Trinajstić information content (AvgIpc) is 3.56. The number of methoxy groups -OCH3 is 2. The molecule has 1 fully saturated rings. The van der Waals surface area contributed by atoms with Gasteiger partial charge in [0.2, 0.25) is 11.8 Å². The van der Waals surface area contributed by atoms with Crippen molar-refractivity contribution in [1.29, 1.82) is 0 Å². The van der Waals surface area contributed by atoms with E-state index in [2.05, 4.69) is 5.32 Å². The van der Waals surface area contributed by atoms with Gasteiger partial charge < -0.3 is 24.4 Å². The van der Waals surface area contributed by atoms with Gasteiger partial charge >= 0.3 is 0 Å². The van der Waals surface area contributed by atoms with Gasteiger partial charge in [-0.25, -0.2) is 8.42 Å².